The van der Waals surface area contributed by atoms with Crippen LogP contribution in [0.5, 0.6) is 0 Å². The number of para-hydroxylation sites is 1. The van der Waals surface area contributed by atoms with E-state index < -0.39 is 5.60 Å². The molecule has 0 saturated carbocycles. The molecule has 0 spiro atoms. The third-order valence-corrected chi connectivity index (χ3v) is 4.92. The summed E-state index contributed by atoms with van der Waals surface area (Å²) in [5, 5.41) is 11.4. The van der Waals surface area contributed by atoms with Crippen LogP contribution in [0.1, 0.15) is 24.7 Å². The van der Waals surface area contributed by atoms with Gasteiger partial charge in [-0.1, -0.05) is 12.1 Å². The van der Waals surface area contributed by atoms with Crippen molar-refractivity contribution < 1.29 is 14.6 Å². The molecule has 0 radical (unpaired) electrons. The van der Waals surface area contributed by atoms with Gasteiger partial charge in [0.25, 0.3) is 5.56 Å². The van der Waals surface area contributed by atoms with Gasteiger partial charge in [-0.05, 0) is 31.5 Å². The molecule has 4 rings (SSSR count). The van der Waals surface area contributed by atoms with Crippen LogP contribution in [0.2, 0.25) is 0 Å². The number of fused-ring (bicyclic) bond motifs is 1. The summed E-state index contributed by atoms with van der Waals surface area (Å²) in [6.07, 6.45) is 1.90. The number of ether oxygens (including phenoxy) is 2. The lowest BCUT2D eigenvalue weighted by Crippen LogP contribution is -2.49. The van der Waals surface area contributed by atoms with Crippen molar-refractivity contribution in [2.45, 2.75) is 24.5 Å². The van der Waals surface area contributed by atoms with E-state index in [1.807, 2.05) is 18.2 Å². The summed E-state index contributed by atoms with van der Waals surface area (Å²) in [5.41, 5.74) is -0.448. The first kappa shape index (κ1) is 16.7. The zero-order chi connectivity index (χ0) is 17.3. The van der Waals surface area contributed by atoms with Crippen molar-refractivity contribution in [2.24, 2.45) is 0 Å². The number of nitrogens with zero attached hydrogens (tertiary/aromatic N) is 2. The Hall–Kier alpha value is -1.80. The Morgan fingerprint density at radius 3 is 2.84 bits per heavy atom. The Kier molecular flexibility index (Phi) is 4.56. The fraction of sp³-hybridized carbons (Fsp3) is 0.556. The summed E-state index contributed by atoms with van der Waals surface area (Å²) in [4.78, 5) is 22.1. The van der Waals surface area contributed by atoms with E-state index in [4.69, 9.17) is 9.47 Å². The van der Waals surface area contributed by atoms with Gasteiger partial charge in [0.2, 0.25) is 0 Å². The van der Waals surface area contributed by atoms with E-state index in [-0.39, 0.29) is 24.8 Å². The molecule has 7 heteroatoms. The van der Waals surface area contributed by atoms with Gasteiger partial charge in [0.1, 0.15) is 11.4 Å². The highest BCUT2D eigenvalue weighted by atomic mass is 16.6. The molecule has 1 unspecified atom stereocenters. The quantitative estimate of drug-likeness (QED) is 0.857. The second-order valence-corrected chi connectivity index (χ2v) is 6.93. The molecule has 2 aromatic rings. The van der Waals surface area contributed by atoms with Crippen molar-refractivity contribution in [3.8, 4) is 0 Å². The zero-order valence-electron chi connectivity index (χ0n) is 14.1. The van der Waals surface area contributed by atoms with E-state index in [0.29, 0.717) is 36.5 Å². The zero-order valence-corrected chi connectivity index (χ0v) is 14.1. The van der Waals surface area contributed by atoms with Crippen molar-refractivity contribution in [1.29, 1.82) is 0 Å². The van der Waals surface area contributed by atoms with Crippen LogP contribution < -0.4 is 5.56 Å². The number of hydrogen-bond donors (Lipinski definition) is 2. The van der Waals surface area contributed by atoms with E-state index in [2.05, 4.69) is 14.9 Å². The van der Waals surface area contributed by atoms with Crippen LogP contribution in [0, 0.1) is 0 Å². The van der Waals surface area contributed by atoms with Crippen LogP contribution >= 0.6 is 0 Å². The van der Waals surface area contributed by atoms with E-state index in [1.54, 1.807) is 6.07 Å². The van der Waals surface area contributed by atoms with Crippen LogP contribution in [0.15, 0.2) is 29.1 Å². The maximum absolute atomic E-state index is 12.4. The van der Waals surface area contributed by atoms with Crippen LogP contribution in [0.3, 0.4) is 0 Å². The van der Waals surface area contributed by atoms with E-state index in [1.165, 1.54) is 0 Å². The first-order chi connectivity index (χ1) is 12.1. The molecule has 7 nitrogen and oxygen atoms in total. The Labute approximate surface area is 145 Å². The van der Waals surface area contributed by atoms with Crippen LogP contribution in [0.25, 0.3) is 10.9 Å². The number of aliphatic hydroxyl groups is 1. The minimum absolute atomic E-state index is 0.00964. The van der Waals surface area contributed by atoms with Crippen LogP contribution in [0.4, 0.5) is 0 Å². The lowest BCUT2D eigenvalue weighted by Gasteiger charge is -2.33. The normalized spacial score (nSPS) is 24.4. The second kappa shape index (κ2) is 6.84. The van der Waals surface area contributed by atoms with Crippen molar-refractivity contribution in [3.05, 3.63) is 40.4 Å². The number of rotatable bonds is 3. The number of benzene rings is 1. The fourth-order valence-electron chi connectivity index (χ4n) is 3.74. The third-order valence-electron chi connectivity index (χ3n) is 4.92. The van der Waals surface area contributed by atoms with Crippen LogP contribution in [-0.4, -0.2) is 65.1 Å². The van der Waals surface area contributed by atoms with Gasteiger partial charge in [0, 0.05) is 6.54 Å². The van der Waals surface area contributed by atoms with E-state index in [9.17, 15) is 9.90 Å². The molecule has 0 bridgehead atoms. The molecular weight excluding hydrogens is 322 g/mol. The van der Waals surface area contributed by atoms with Crippen molar-refractivity contribution >= 4 is 10.9 Å². The highest BCUT2D eigenvalue weighted by molar-refractivity contribution is 5.77. The predicted molar refractivity (Wildman–Crippen MR) is 92.5 cm³/mol. The second-order valence-electron chi connectivity index (χ2n) is 6.93. The number of nitrogens with one attached hydrogen (secondary N) is 1. The molecule has 1 aromatic heterocycles. The monoisotopic (exact) mass is 345 g/mol. The molecule has 2 fully saturated rings. The number of H-pyrrole nitrogens is 1. The molecule has 2 aliphatic heterocycles. The average molecular weight is 345 g/mol. The van der Waals surface area contributed by atoms with E-state index in [0.717, 1.165) is 19.4 Å². The summed E-state index contributed by atoms with van der Waals surface area (Å²) in [6, 6.07) is 7.34. The molecule has 3 heterocycles. The van der Waals surface area contributed by atoms with Crippen LogP contribution in [-0.2, 0) is 9.47 Å². The molecule has 1 aromatic carbocycles. The molecule has 2 N–H and O–H groups in total. The fourth-order valence-corrected chi connectivity index (χ4v) is 3.74. The molecule has 2 aliphatic rings. The summed E-state index contributed by atoms with van der Waals surface area (Å²) < 4.78 is 10.9. The number of aromatic nitrogens is 2. The molecule has 0 amide bonds. The topological polar surface area (TPSA) is 87.7 Å². The predicted octanol–water partition coefficient (Wildman–Crippen LogP) is 0.838. The van der Waals surface area contributed by atoms with E-state index >= 15 is 0 Å². The number of β-amino-alcohol motifs (C(OH)–C–C–N with tert-alkyl or cyclic N) is 1. The smallest absolute Gasteiger partial charge is 0.258 e. The molecule has 134 valence electrons. The summed E-state index contributed by atoms with van der Waals surface area (Å²) in [7, 11) is 0. The van der Waals surface area contributed by atoms with Gasteiger partial charge < -0.3 is 19.6 Å². The van der Waals surface area contributed by atoms with Gasteiger partial charge in [-0.25, -0.2) is 4.98 Å². The number of aromatic amines is 1. The summed E-state index contributed by atoms with van der Waals surface area (Å²) >= 11 is 0. The summed E-state index contributed by atoms with van der Waals surface area (Å²) in [5.74, 6) is 0.667. The van der Waals surface area contributed by atoms with Crippen molar-refractivity contribution in [2.75, 3.05) is 39.5 Å². The lowest BCUT2D eigenvalue weighted by atomic mass is 10.1. The Balaban J connectivity index is 1.60. The minimum Gasteiger partial charge on any atom is -0.384 e. The molecule has 2 saturated heterocycles. The highest BCUT2D eigenvalue weighted by Crippen LogP contribution is 2.31. The first-order valence-corrected chi connectivity index (χ1v) is 8.76. The number of hydrogen-bond acceptors (Lipinski definition) is 6. The van der Waals surface area contributed by atoms with Gasteiger partial charge in [-0.2, -0.15) is 0 Å². The number of likely N-dealkylation sites (tertiary alicyclic amines) is 1. The highest BCUT2D eigenvalue weighted by Gasteiger charge is 2.37. The molecular formula is C18H23N3O4. The standard InChI is InChI=1S/C18H23N3O4/c22-17-13-4-1-2-5-14(13)19-16(20-17)15-6-3-7-21(15)10-18(23)11-24-8-9-25-12-18/h1-2,4-5,15,23H,3,6-12H2,(H,19,20,22). The third kappa shape index (κ3) is 3.46. The van der Waals surface area contributed by atoms with Gasteiger partial charge in [-0.3, -0.25) is 9.69 Å². The Morgan fingerprint density at radius 1 is 1.28 bits per heavy atom. The van der Waals surface area contributed by atoms with Gasteiger partial charge in [-0.15, -0.1) is 0 Å². The van der Waals surface area contributed by atoms with Gasteiger partial charge >= 0.3 is 0 Å². The Morgan fingerprint density at radius 2 is 2.04 bits per heavy atom. The summed E-state index contributed by atoms with van der Waals surface area (Å²) in [6.45, 7) is 2.82. The van der Waals surface area contributed by atoms with Crippen molar-refractivity contribution in [3.63, 3.8) is 0 Å². The maximum Gasteiger partial charge on any atom is 0.258 e. The largest absolute Gasteiger partial charge is 0.384 e. The first-order valence-electron chi connectivity index (χ1n) is 8.76. The van der Waals surface area contributed by atoms with Gasteiger partial charge in [0.15, 0.2) is 0 Å². The van der Waals surface area contributed by atoms with Crippen molar-refractivity contribution in [1.82, 2.24) is 14.9 Å². The van der Waals surface area contributed by atoms with Gasteiger partial charge in [0.05, 0.1) is 43.4 Å². The molecule has 25 heavy (non-hydrogen) atoms. The molecule has 1 atom stereocenters. The average Bonchev–Trinajstić information content (AvgIpc) is 2.95. The maximum atomic E-state index is 12.4. The minimum atomic E-state index is -1.03. The Bertz CT molecular complexity index is 798. The SMILES string of the molecule is O=c1[nH]c(C2CCCN2CC2(O)COCCOC2)nc2ccccc12. The lowest BCUT2D eigenvalue weighted by molar-refractivity contribution is -0.0765. The molecule has 0 aliphatic carbocycles.